The topological polar surface area (TPSA) is 101 Å². The van der Waals surface area contributed by atoms with Crippen LogP contribution in [-0.2, 0) is 9.59 Å². The highest BCUT2D eigenvalue weighted by Gasteiger charge is 2.46. The van der Waals surface area contributed by atoms with Gasteiger partial charge in [0.05, 0.1) is 16.5 Å². The van der Waals surface area contributed by atoms with Gasteiger partial charge >= 0.3 is 0 Å². The summed E-state index contributed by atoms with van der Waals surface area (Å²) in [7, 11) is 0. The first kappa shape index (κ1) is 21.2. The van der Waals surface area contributed by atoms with Crippen LogP contribution in [0.2, 0.25) is 0 Å². The Morgan fingerprint density at radius 2 is 1.80 bits per heavy atom. The second kappa shape index (κ2) is 9.35. The van der Waals surface area contributed by atoms with Gasteiger partial charge in [0.2, 0.25) is 0 Å². The molecule has 1 saturated heterocycles. The quantitative estimate of drug-likeness (QED) is 0.172. The molecule has 0 aliphatic carbocycles. The van der Waals surface area contributed by atoms with Crippen LogP contribution in [0.1, 0.15) is 49.8 Å². The van der Waals surface area contributed by atoms with Gasteiger partial charge in [-0.05, 0) is 12.0 Å². The molecule has 156 valence electrons. The Morgan fingerprint density at radius 3 is 2.47 bits per heavy atom. The van der Waals surface area contributed by atoms with Gasteiger partial charge in [-0.15, -0.1) is 0 Å². The largest absolute Gasteiger partial charge is 0.507 e. The molecule has 7 nitrogen and oxygen atoms in total. The van der Waals surface area contributed by atoms with Crippen molar-refractivity contribution < 1.29 is 19.6 Å². The van der Waals surface area contributed by atoms with Crippen LogP contribution in [0.4, 0.5) is 5.69 Å². The zero-order valence-electron chi connectivity index (χ0n) is 16.8. The molecule has 0 unspecified atom stereocenters. The van der Waals surface area contributed by atoms with Crippen LogP contribution in [0.3, 0.4) is 0 Å². The number of benzene rings is 2. The average Bonchev–Trinajstić information content (AvgIpc) is 3.01. The number of hydrogen-bond acceptors (Lipinski definition) is 5. The smallest absolute Gasteiger partial charge is 0.295 e. The van der Waals surface area contributed by atoms with Gasteiger partial charge in [0.1, 0.15) is 5.76 Å². The highest BCUT2D eigenvalue weighted by atomic mass is 16.6. The predicted octanol–water partition coefficient (Wildman–Crippen LogP) is 4.60. The lowest BCUT2D eigenvalue weighted by Crippen LogP contribution is -2.30. The van der Waals surface area contributed by atoms with Crippen molar-refractivity contribution >= 4 is 23.1 Å². The fraction of sp³-hybridized carbons (Fsp3) is 0.304. The Morgan fingerprint density at radius 1 is 1.07 bits per heavy atom. The van der Waals surface area contributed by atoms with Crippen molar-refractivity contribution in [2.75, 3.05) is 6.54 Å². The number of amides is 1. The van der Waals surface area contributed by atoms with Crippen molar-refractivity contribution in [1.29, 1.82) is 0 Å². The molecule has 3 rings (SSSR count). The molecule has 2 aromatic rings. The summed E-state index contributed by atoms with van der Waals surface area (Å²) in [6.07, 6.45) is 3.65. The third-order valence-electron chi connectivity index (χ3n) is 5.24. The van der Waals surface area contributed by atoms with Gasteiger partial charge in [-0.25, -0.2) is 0 Å². The van der Waals surface area contributed by atoms with E-state index in [9.17, 15) is 24.8 Å². The van der Waals surface area contributed by atoms with E-state index in [0.717, 1.165) is 19.3 Å². The molecule has 30 heavy (non-hydrogen) atoms. The van der Waals surface area contributed by atoms with Gasteiger partial charge in [-0.1, -0.05) is 68.7 Å². The number of rotatable bonds is 8. The molecule has 1 aliphatic rings. The number of carbonyl (C=O) groups excluding carboxylic acids is 2. The lowest BCUT2D eigenvalue weighted by molar-refractivity contribution is -0.384. The molecule has 1 amide bonds. The Balaban J connectivity index is 2.10. The minimum atomic E-state index is -0.869. The van der Waals surface area contributed by atoms with Crippen molar-refractivity contribution in [3.8, 4) is 0 Å². The molecule has 7 heteroatoms. The molecule has 0 bridgehead atoms. The van der Waals surface area contributed by atoms with E-state index in [4.69, 9.17) is 0 Å². The normalized spacial score (nSPS) is 18.0. The van der Waals surface area contributed by atoms with Crippen molar-refractivity contribution in [3.63, 3.8) is 0 Å². The summed E-state index contributed by atoms with van der Waals surface area (Å²) in [5.41, 5.74) is 0.666. The maximum Gasteiger partial charge on any atom is 0.295 e. The van der Waals surface area contributed by atoms with E-state index in [1.807, 2.05) is 0 Å². The van der Waals surface area contributed by atoms with E-state index in [1.54, 1.807) is 36.4 Å². The first-order chi connectivity index (χ1) is 14.5. The number of Topliss-reactive ketones (excluding diaryl/α,β-unsaturated/α-hetero) is 1. The summed E-state index contributed by atoms with van der Waals surface area (Å²) in [6.45, 7) is 2.42. The molecule has 1 aliphatic heterocycles. The minimum absolute atomic E-state index is 0.0396. The highest BCUT2D eigenvalue weighted by molar-refractivity contribution is 6.46. The molecular formula is C23H24N2O5. The maximum absolute atomic E-state index is 12.9. The van der Waals surface area contributed by atoms with E-state index in [-0.39, 0.29) is 17.0 Å². The van der Waals surface area contributed by atoms with Gasteiger partial charge < -0.3 is 10.0 Å². The maximum atomic E-state index is 12.9. The molecule has 0 saturated carbocycles. The number of aliphatic hydroxyl groups excluding tert-OH is 1. The van der Waals surface area contributed by atoms with Crippen molar-refractivity contribution in [2.24, 2.45) is 0 Å². The fourth-order valence-corrected chi connectivity index (χ4v) is 3.73. The summed E-state index contributed by atoms with van der Waals surface area (Å²) in [5.74, 6) is -1.75. The number of nitro groups is 1. The average molecular weight is 408 g/mol. The summed E-state index contributed by atoms with van der Waals surface area (Å²) >= 11 is 0. The SMILES string of the molecule is CCCCCCN1C(=O)C(=O)/C(=C(/O)c2ccccc2)[C@H]1c1cccc([N+](=O)[O-])c1. The molecular weight excluding hydrogens is 384 g/mol. The highest BCUT2D eigenvalue weighted by Crippen LogP contribution is 2.40. The molecule has 1 atom stereocenters. The summed E-state index contributed by atoms with van der Waals surface area (Å²) < 4.78 is 0. The Bertz CT molecular complexity index is 984. The Kier molecular flexibility index (Phi) is 6.61. The summed E-state index contributed by atoms with van der Waals surface area (Å²) in [6, 6.07) is 13.5. The molecule has 1 N–H and O–H groups in total. The summed E-state index contributed by atoms with van der Waals surface area (Å²) in [4.78, 5) is 37.9. The molecule has 2 aromatic carbocycles. The summed E-state index contributed by atoms with van der Waals surface area (Å²) in [5, 5.41) is 22.1. The van der Waals surface area contributed by atoms with Crippen molar-refractivity contribution in [3.05, 3.63) is 81.4 Å². The number of carbonyl (C=O) groups is 2. The van der Waals surface area contributed by atoms with E-state index >= 15 is 0 Å². The first-order valence-corrected chi connectivity index (χ1v) is 10.0. The van der Waals surface area contributed by atoms with E-state index in [0.29, 0.717) is 24.1 Å². The van der Waals surface area contributed by atoms with Crippen molar-refractivity contribution in [1.82, 2.24) is 4.90 Å². The van der Waals surface area contributed by atoms with Gasteiger partial charge in [-0.3, -0.25) is 19.7 Å². The van der Waals surface area contributed by atoms with Gasteiger partial charge in [0.15, 0.2) is 0 Å². The lowest BCUT2D eigenvalue weighted by Gasteiger charge is -2.25. The molecule has 0 aromatic heterocycles. The zero-order chi connectivity index (χ0) is 21.7. The number of ketones is 1. The second-order valence-corrected chi connectivity index (χ2v) is 7.27. The Hall–Kier alpha value is -3.48. The fourth-order valence-electron chi connectivity index (χ4n) is 3.73. The zero-order valence-corrected chi connectivity index (χ0v) is 16.8. The first-order valence-electron chi connectivity index (χ1n) is 10.0. The minimum Gasteiger partial charge on any atom is -0.507 e. The third kappa shape index (κ3) is 4.25. The molecule has 1 fully saturated rings. The van der Waals surface area contributed by atoms with Crippen LogP contribution in [0.15, 0.2) is 60.2 Å². The molecule has 1 heterocycles. The van der Waals surface area contributed by atoms with Crippen LogP contribution < -0.4 is 0 Å². The number of likely N-dealkylation sites (tertiary alicyclic amines) is 1. The number of aliphatic hydroxyl groups is 1. The molecule has 0 spiro atoms. The number of nitrogens with zero attached hydrogens (tertiary/aromatic N) is 2. The van der Waals surface area contributed by atoms with Crippen LogP contribution in [0.25, 0.3) is 5.76 Å². The standard InChI is InChI=1S/C23H24N2O5/c1-2-3-4-8-14-24-20(17-12-9-13-18(15-17)25(29)30)19(22(27)23(24)28)21(26)16-10-6-5-7-11-16/h5-7,9-13,15,20,26H,2-4,8,14H2,1H3/b21-19+/t20-/m1/s1. The van der Waals surface area contributed by atoms with Gasteiger partial charge in [0.25, 0.3) is 17.4 Å². The number of hydrogen-bond donors (Lipinski definition) is 1. The molecule has 0 radical (unpaired) electrons. The van der Waals surface area contributed by atoms with E-state index in [1.165, 1.54) is 23.1 Å². The Labute approximate surface area is 174 Å². The second-order valence-electron chi connectivity index (χ2n) is 7.27. The van der Waals surface area contributed by atoms with Crippen LogP contribution in [-0.4, -0.2) is 33.2 Å². The number of nitro benzene ring substituents is 1. The predicted molar refractivity (Wildman–Crippen MR) is 113 cm³/mol. The monoisotopic (exact) mass is 408 g/mol. The van der Waals surface area contributed by atoms with Crippen molar-refractivity contribution in [2.45, 2.75) is 38.6 Å². The lowest BCUT2D eigenvalue weighted by atomic mass is 9.95. The number of unbranched alkanes of at least 4 members (excludes halogenated alkanes) is 3. The van der Waals surface area contributed by atoms with Crippen LogP contribution in [0.5, 0.6) is 0 Å². The van der Waals surface area contributed by atoms with Gasteiger partial charge in [-0.2, -0.15) is 0 Å². The van der Waals surface area contributed by atoms with Crippen LogP contribution in [0, 0.1) is 10.1 Å². The van der Waals surface area contributed by atoms with Gasteiger partial charge in [0, 0.05) is 24.2 Å². The van der Waals surface area contributed by atoms with E-state index in [2.05, 4.69) is 6.92 Å². The van der Waals surface area contributed by atoms with Crippen LogP contribution >= 0.6 is 0 Å². The number of non-ortho nitro benzene ring substituents is 1. The van der Waals surface area contributed by atoms with E-state index < -0.39 is 22.7 Å². The third-order valence-corrected chi connectivity index (χ3v) is 5.24.